The van der Waals surface area contributed by atoms with E-state index in [0.717, 1.165) is 10.7 Å². The van der Waals surface area contributed by atoms with Crippen LogP contribution in [-0.4, -0.2) is 16.0 Å². The molecule has 0 atom stereocenters. The van der Waals surface area contributed by atoms with E-state index in [4.69, 9.17) is 0 Å². The molecule has 0 unspecified atom stereocenters. The van der Waals surface area contributed by atoms with E-state index in [-0.39, 0.29) is 17.2 Å². The quantitative estimate of drug-likeness (QED) is 0.902. The average Bonchev–Trinajstić information content (AvgIpc) is 2.85. The first-order chi connectivity index (χ1) is 9.08. The van der Waals surface area contributed by atoms with Gasteiger partial charge in [-0.15, -0.1) is 11.3 Å². The number of nitrogens with one attached hydrogen (secondary N) is 1. The van der Waals surface area contributed by atoms with Crippen LogP contribution in [0.15, 0.2) is 29.6 Å². The number of phenols is 1. The van der Waals surface area contributed by atoms with Gasteiger partial charge in [0.15, 0.2) is 0 Å². The van der Waals surface area contributed by atoms with Crippen LogP contribution in [0.2, 0.25) is 0 Å². The van der Waals surface area contributed by atoms with Crippen molar-refractivity contribution in [2.45, 2.75) is 26.3 Å². The molecule has 19 heavy (non-hydrogen) atoms. The minimum absolute atomic E-state index is 0.0120. The van der Waals surface area contributed by atoms with Crippen LogP contribution in [0, 0.1) is 0 Å². The smallest absolute Gasteiger partial charge is 0.255 e. The Morgan fingerprint density at radius 3 is 2.79 bits per heavy atom. The standard InChI is InChI=1S/C14H16N2O2S/c1-9(2)11-8-19-13(16-11)7-15-14(18)10-5-3-4-6-12(10)17/h3-6,8-9,17H,7H2,1-2H3,(H,15,18). The van der Waals surface area contributed by atoms with Crippen LogP contribution >= 0.6 is 11.3 Å². The molecule has 1 aromatic carbocycles. The topological polar surface area (TPSA) is 62.2 Å². The maximum absolute atomic E-state index is 11.9. The molecule has 1 heterocycles. The fraction of sp³-hybridized carbons (Fsp3) is 0.286. The summed E-state index contributed by atoms with van der Waals surface area (Å²) in [6.45, 7) is 4.55. The summed E-state index contributed by atoms with van der Waals surface area (Å²) in [7, 11) is 0. The van der Waals surface area contributed by atoms with E-state index in [1.807, 2.05) is 5.38 Å². The van der Waals surface area contributed by atoms with Crippen LogP contribution in [0.1, 0.15) is 40.8 Å². The van der Waals surface area contributed by atoms with Crippen molar-refractivity contribution in [3.05, 3.63) is 45.9 Å². The lowest BCUT2D eigenvalue weighted by Crippen LogP contribution is -2.22. The number of nitrogens with zero attached hydrogens (tertiary/aromatic N) is 1. The molecule has 0 saturated heterocycles. The lowest BCUT2D eigenvalue weighted by atomic mass is 10.2. The van der Waals surface area contributed by atoms with Crippen molar-refractivity contribution >= 4 is 17.2 Å². The van der Waals surface area contributed by atoms with Gasteiger partial charge in [0.1, 0.15) is 10.8 Å². The number of hydrogen-bond donors (Lipinski definition) is 2. The van der Waals surface area contributed by atoms with Crippen LogP contribution in [-0.2, 0) is 6.54 Å². The highest BCUT2D eigenvalue weighted by Crippen LogP contribution is 2.18. The molecule has 2 N–H and O–H groups in total. The summed E-state index contributed by atoms with van der Waals surface area (Å²) in [5.41, 5.74) is 1.32. The van der Waals surface area contributed by atoms with Gasteiger partial charge in [-0.2, -0.15) is 0 Å². The number of rotatable bonds is 4. The number of para-hydroxylation sites is 1. The predicted molar refractivity (Wildman–Crippen MR) is 75.5 cm³/mol. The largest absolute Gasteiger partial charge is 0.507 e. The Kier molecular flexibility index (Phi) is 4.16. The van der Waals surface area contributed by atoms with Gasteiger partial charge in [-0.25, -0.2) is 4.98 Å². The lowest BCUT2D eigenvalue weighted by molar-refractivity contribution is 0.0948. The summed E-state index contributed by atoms with van der Waals surface area (Å²) in [4.78, 5) is 16.3. The molecule has 4 nitrogen and oxygen atoms in total. The lowest BCUT2D eigenvalue weighted by Gasteiger charge is -2.05. The van der Waals surface area contributed by atoms with Gasteiger partial charge in [0.05, 0.1) is 17.8 Å². The zero-order valence-corrected chi connectivity index (χ0v) is 11.7. The minimum atomic E-state index is -0.292. The summed E-state index contributed by atoms with van der Waals surface area (Å²) in [6.07, 6.45) is 0. The second-order valence-corrected chi connectivity index (χ2v) is 5.46. The molecule has 0 aliphatic carbocycles. The predicted octanol–water partition coefficient (Wildman–Crippen LogP) is 2.90. The van der Waals surface area contributed by atoms with Crippen molar-refractivity contribution in [2.24, 2.45) is 0 Å². The van der Waals surface area contributed by atoms with Crippen molar-refractivity contribution in [1.82, 2.24) is 10.3 Å². The first-order valence-corrected chi connectivity index (χ1v) is 6.96. The molecule has 2 rings (SSSR count). The molecule has 5 heteroatoms. The van der Waals surface area contributed by atoms with E-state index in [1.54, 1.807) is 18.2 Å². The number of carbonyl (C=O) groups excluding carboxylic acids is 1. The number of phenolic OH excluding ortho intramolecular Hbond substituents is 1. The SMILES string of the molecule is CC(C)c1csc(CNC(=O)c2ccccc2O)n1. The minimum Gasteiger partial charge on any atom is -0.507 e. The van der Waals surface area contributed by atoms with Gasteiger partial charge < -0.3 is 10.4 Å². The van der Waals surface area contributed by atoms with Crippen molar-refractivity contribution in [1.29, 1.82) is 0 Å². The molecule has 2 aromatic rings. The van der Waals surface area contributed by atoms with E-state index >= 15 is 0 Å². The molecular formula is C14H16N2O2S. The van der Waals surface area contributed by atoms with Crippen molar-refractivity contribution < 1.29 is 9.90 Å². The van der Waals surface area contributed by atoms with Crippen LogP contribution in [0.5, 0.6) is 5.75 Å². The van der Waals surface area contributed by atoms with Crippen molar-refractivity contribution in [3.63, 3.8) is 0 Å². The third-order valence-corrected chi connectivity index (χ3v) is 3.58. The first-order valence-electron chi connectivity index (χ1n) is 6.08. The number of amides is 1. The highest BCUT2D eigenvalue weighted by molar-refractivity contribution is 7.09. The van der Waals surface area contributed by atoms with Gasteiger partial charge in [0, 0.05) is 5.38 Å². The van der Waals surface area contributed by atoms with E-state index in [2.05, 4.69) is 24.1 Å². The Hall–Kier alpha value is -1.88. The Bertz CT molecular complexity index is 578. The van der Waals surface area contributed by atoms with Crippen molar-refractivity contribution in [3.8, 4) is 5.75 Å². The van der Waals surface area contributed by atoms with Gasteiger partial charge in [0.25, 0.3) is 5.91 Å². The molecule has 100 valence electrons. The highest BCUT2D eigenvalue weighted by Gasteiger charge is 2.11. The Morgan fingerprint density at radius 2 is 2.16 bits per heavy atom. The summed E-state index contributed by atoms with van der Waals surface area (Å²) in [6, 6.07) is 6.48. The van der Waals surface area contributed by atoms with Crippen LogP contribution < -0.4 is 5.32 Å². The van der Waals surface area contributed by atoms with Crippen LogP contribution in [0.3, 0.4) is 0 Å². The van der Waals surface area contributed by atoms with Gasteiger partial charge in [-0.05, 0) is 18.1 Å². The number of benzene rings is 1. The molecule has 1 amide bonds. The molecule has 0 radical (unpaired) electrons. The van der Waals surface area contributed by atoms with Gasteiger partial charge in [-0.3, -0.25) is 4.79 Å². The van der Waals surface area contributed by atoms with E-state index in [1.165, 1.54) is 17.4 Å². The van der Waals surface area contributed by atoms with Crippen LogP contribution in [0.4, 0.5) is 0 Å². The number of hydrogen-bond acceptors (Lipinski definition) is 4. The van der Waals surface area contributed by atoms with E-state index in [0.29, 0.717) is 12.5 Å². The van der Waals surface area contributed by atoms with E-state index < -0.39 is 0 Å². The molecule has 0 fully saturated rings. The van der Waals surface area contributed by atoms with Gasteiger partial charge in [0.2, 0.25) is 0 Å². The van der Waals surface area contributed by atoms with Gasteiger partial charge >= 0.3 is 0 Å². The number of aromatic nitrogens is 1. The molecule has 0 aliphatic heterocycles. The monoisotopic (exact) mass is 276 g/mol. The van der Waals surface area contributed by atoms with Crippen molar-refractivity contribution in [2.75, 3.05) is 0 Å². The number of aromatic hydroxyl groups is 1. The highest BCUT2D eigenvalue weighted by atomic mass is 32.1. The second kappa shape index (κ2) is 5.84. The van der Waals surface area contributed by atoms with E-state index in [9.17, 15) is 9.90 Å². The van der Waals surface area contributed by atoms with Gasteiger partial charge in [-0.1, -0.05) is 26.0 Å². The van der Waals surface area contributed by atoms with Crippen LogP contribution in [0.25, 0.3) is 0 Å². The number of carbonyl (C=O) groups is 1. The Morgan fingerprint density at radius 1 is 1.42 bits per heavy atom. The Labute approximate surface area is 116 Å². The summed E-state index contributed by atoms with van der Waals surface area (Å²) >= 11 is 1.53. The first kappa shape index (κ1) is 13.5. The zero-order valence-electron chi connectivity index (χ0n) is 10.9. The molecule has 1 aromatic heterocycles. The summed E-state index contributed by atoms with van der Waals surface area (Å²) < 4.78 is 0. The molecule has 0 spiro atoms. The average molecular weight is 276 g/mol. The molecule has 0 aliphatic rings. The third kappa shape index (κ3) is 3.32. The third-order valence-electron chi connectivity index (χ3n) is 2.71. The molecular weight excluding hydrogens is 260 g/mol. The fourth-order valence-corrected chi connectivity index (χ4v) is 2.48. The maximum atomic E-state index is 11.9. The normalized spacial score (nSPS) is 10.7. The zero-order chi connectivity index (χ0) is 13.8. The summed E-state index contributed by atoms with van der Waals surface area (Å²) in [5, 5.41) is 15.2. The number of thiazole rings is 1. The molecule has 0 bridgehead atoms. The maximum Gasteiger partial charge on any atom is 0.255 e. The fourth-order valence-electron chi connectivity index (χ4n) is 1.59. The summed E-state index contributed by atoms with van der Waals surface area (Å²) in [5.74, 6) is 0.0836. The second-order valence-electron chi connectivity index (χ2n) is 4.52. The Balaban J connectivity index is 1.98. The molecule has 0 saturated carbocycles.